The summed E-state index contributed by atoms with van der Waals surface area (Å²) in [5, 5.41) is 0. The highest BCUT2D eigenvalue weighted by Gasteiger charge is 2.49. The lowest BCUT2D eigenvalue weighted by Crippen LogP contribution is -2.43. The Bertz CT molecular complexity index is 794. The van der Waals surface area contributed by atoms with E-state index in [1.807, 2.05) is 22.7 Å². The first kappa shape index (κ1) is 17.0. The highest BCUT2D eigenvalue weighted by Crippen LogP contribution is 2.60. The van der Waals surface area contributed by atoms with E-state index in [-0.39, 0.29) is 10.8 Å². The molecule has 0 N–H and O–H groups in total. The van der Waals surface area contributed by atoms with E-state index in [9.17, 15) is 0 Å². The molecule has 0 atom stereocenters. The van der Waals surface area contributed by atoms with Crippen LogP contribution in [0, 0.1) is 20.8 Å². The Balaban J connectivity index is 2.36. The summed E-state index contributed by atoms with van der Waals surface area (Å²) in [7, 11) is 0. The van der Waals surface area contributed by atoms with Crippen LogP contribution in [0.1, 0.15) is 66.6 Å². The standard InChI is InChI=1S/C21H28S2/c1-9-10-11-15-13(3)17-19(23-15)18-16(12(2)14(4)22-18)20(5,6)21(17,7)8/h9-10H,11H2,1-8H3/b10-9+. The molecule has 1 aliphatic carbocycles. The second kappa shape index (κ2) is 5.32. The van der Waals surface area contributed by atoms with Gasteiger partial charge in [-0.3, -0.25) is 0 Å². The molecule has 23 heavy (non-hydrogen) atoms. The lowest BCUT2D eigenvalue weighted by molar-refractivity contribution is 0.298. The predicted octanol–water partition coefficient (Wildman–Crippen LogP) is 7.09. The maximum atomic E-state index is 2.44. The van der Waals surface area contributed by atoms with Crippen molar-refractivity contribution in [2.75, 3.05) is 0 Å². The van der Waals surface area contributed by atoms with Gasteiger partial charge in [-0.25, -0.2) is 0 Å². The molecule has 0 aromatic carbocycles. The minimum atomic E-state index is 0.155. The Morgan fingerprint density at radius 1 is 0.826 bits per heavy atom. The van der Waals surface area contributed by atoms with Crippen LogP contribution < -0.4 is 0 Å². The Labute approximate surface area is 149 Å². The van der Waals surface area contributed by atoms with Crippen LogP contribution in [-0.4, -0.2) is 0 Å². The van der Waals surface area contributed by atoms with Crippen molar-refractivity contribution >= 4 is 22.7 Å². The zero-order chi connectivity index (χ0) is 17.2. The second-order valence-electron chi connectivity index (χ2n) is 7.86. The monoisotopic (exact) mass is 344 g/mol. The van der Waals surface area contributed by atoms with Crippen LogP contribution >= 0.6 is 22.7 Å². The molecule has 3 rings (SSSR count). The van der Waals surface area contributed by atoms with Crippen LogP contribution in [0.4, 0.5) is 0 Å². The highest BCUT2D eigenvalue weighted by molar-refractivity contribution is 7.22. The van der Waals surface area contributed by atoms with Gasteiger partial charge in [0.05, 0.1) is 0 Å². The van der Waals surface area contributed by atoms with E-state index < -0.39 is 0 Å². The average molecular weight is 345 g/mol. The lowest BCUT2D eigenvalue weighted by atomic mass is 9.57. The van der Waals surface area contributed by atoms with E-state index in [2.05, 4.69) is 67.5 Å². The van der Waals surface area contributed by atoms with Crippen molar-refractivity contribution < 1.29 is 0 Å². The fourth-order valence-corrected chi connectivity index (χ4v) is 6.96. The van der Waals surface area contributed by atoms with Gasteiger partial charge in [-0.2, -0.15) is 0 Å². The first-order chi connectivity index (χ1) is 10.6. The highest BCUT2D eigenvalue weighted by atomic mass is 32.1. The number of fused-ring (bicyclic) bond motifs is 3. The van der Waals surface area contributed by atoms with Crippen LogP contribution in [0.25, 0.3) is 9.75 Å². The molecular formula is C21H28S2. The first-order valence-corrected chi connectivity index (χ1v) is 10.1. The lowest BCUT2D eigenvalue weighted by Gasteiger charge is -2.47. The van der Waals surface area contributed by atoms with Crippen molar-refractivity contribution in [2.24, 2.45) is 0 Å². The summed E-state index contributed by atoms with van der Waals surface area (Å²) in [4.78, 5) is 6.10. The fraction of sp³-hybridized carbons (Fsp3) is 0.524. The van der Waals surface area contributed by atoms with Crippen LogP contribution in [0.5, 0.6) is 0 Å². The van der Waals surface area contributed by atoms with Crippen molar-refractivity contribution in [1.82, 2.24) is 0 Å². The van der Waals surface area contributed by atoms with Gasteiger partial charge in [0, 0.05) is 36.8 Å². The van der Waals surface area contributed by atoms with Crippen molar-refractivity contribution in [3.05, 3.63) is 44.2 Å². The van der Waals surface area contributed by atoms with Crippen LogP contribution in [0.2, 0.25) is 0 Å². The maximum absolute atomic E-state index is 2.44. The normalized spacial score (nSPS) is 18.3. The Morgan fingerprint density at radius 2 is 1.35 bits per heavy atom. The predicted molar refractivity (Wildman–Crippen MR) is 106 cm³/mol. The number of aryl methyl sites for hydroxylation is 1. The summed E-state index contributed by atoms with van der Waals surface area (Å²) in [5.74, 6) is 0. The molecule has 2 aromatic rings. The minimum Gasteiger partial charge on any atom is -0.139 e. The largest absolute Gasteiger partial charge is 0.139 e. The zero-order valence-electron chi connectivity index (χ0n) is 15.7. The van der Waals surface area contributed by atoms with Gasteiger partial charge in [-0.15, -0.1) is 22.7 Å². The van der Waals surface area contributed by atoms with Gasteiger partial charge in [-0.05, 0) is 49.9 Å². The molecule has 2 aromatic heterocycles. The second-order valence-corrected chi connectivity index (χ2v) is 10.2. The van der Waals surface area contributed by atoms with Crippen molar-refractivity contribution in [3.63, 3.8) is 0 Å². The Kier molecular flexibility index (Phi) is 3.93. The molecule has 1 aliphatic rings. The molecule has 0 saturated carbocycles. The summed E-state index contributed by atoms with van der Waals surface area (Å²) in [6.07, 6.45) is 5.52. The maximum Gasteiger partial charge on any atom is 0.0489 e. The van der Waals surface area contributed by atoms with Crippen LogP contribution in [-0.2, 0) is 17.3 Å². The summed E-state index contributed by atoms with van der Waals surface area (Å²) >= 11 is 4.03. The Morgan fingerprint density at radius 3 is 1.91 bits per heavy atom. The van der Waals surface area contributed by atoms with E-state index in [4.69, 9.17) is 0 Å². The van der Waals surface area contributed by atoms with Crippen LogP contribution in [0.3, 0.4) is 0 Å². The van der Waals surface area contributed by atoms with Gasteiger partial charge >= 0.3 is 0 Å². The van der Waals surface area contributed by atoms with E-state index in [0.29, 0.717) is 0 Å². The van der Waals surface area contributed by atoms with E-state index in [1.165, 1.54) is 20.9 Å². The molecule has 0 radical (unpaired) electrons. The van der Waals surface area contributed by atoms with E-state index in [1.54, 1.807) is 20.9 Å². The molecular weight excluding hydrogens is 316 g/mol. The third-order valence-corrected chi connectivity index (χ3v) is 8.87. The number of hydrogen-bond acceptors (Lipinski definition) is 2. The minimum absolute atomic E-state index is 0.155. The zero-order valence-corrected chi connectivity index (χ0v) is 17.3. The van der Waals surface area contributed by atoms with Gasteiger partial charge in [-0.1, -0.05) is 39.8 Å². The van der Waals surface area contributed by atoms with Gasteiger partial charge in [0.1, 0.15) is 0 Å². The molecule has 0 nitrogen and oxygen atoms in total. The molecule has 2 heteroatoms. The molecule has 0 unspecified atom stereocenters. The molecule has 124 valence electrons. The number of allylic oxidation sites excluding steroid dienone is 2. The molecule has 2 heterocycles. The number of rotatable bonds is 2. The fourth-order valence-electron chi connectivity index (χ4n) is 4.06. The summed E-state index contributed by atoms with van der Waals surface area (Å²) in [6.45, 7) is 18.8. The van der Waals surface area contributed by atoms with Crippen molar-refractivity contribution in [3.8, 4) is 9.75 Å². The molecule has 0 amide bonds. The third-order valence-electron chi connectivity index (χ3n) is 6.19. The van der Waals surface area contributed by atoms with E-state index in [0.717, 1.165) is 6.42 Å². The molecule has 0 fully saturated rings. The van der Waals surface area contributed by atoms with Gasteiger partial charge in [0.25, 0.3) is 0 Å². The third kappa shape index (κ3) is 2.14. The average Bonchev–Trinajstić information content (AvgIpc) is 2.94. The number of hydrogen-bond donors (Lipinski definition) is 0. The van der Waals surface area contributed by atoms with Crippen molar-refractivity contribution in [1.29, 1.82) is 0 Å². The smallest absolute Gasteiger partial charge is 0.0489 e. The van der Waals surface area contributed by atoms with Gasteiger partial charge < -0.3 is 0 Å². The van der Waals surface area contributed by atoms with E-state index >= 15 is 0 Å². The van der Waals surface area contributed by atoms with Crippen LogP contribution in [0.15, 0.2) is 12.2 Å². The summed E-state index contributed by atoms with van der Waals surface area (Å²) in [6, 6.07) is 0. The summed E-state index contributed by atoms with van der Waals surface area (Å²) in [5.41, 5.74) is 6.54. The Hall–Kier alpha value is -0.860. The molecule has 0 bridgehead atoms. The SMILES string of the molecule is C/C=C/Cc1sc2c(c1C)C(C)(C)C(C)(C)c1c-2sc(C)c1C. The molecule has 0 aliphatic heterocycles. The topological polar surface area (TPSA) is 0 Å². The van der Waals surface area contributed by atoms with Crippen molar-refractivity contribution in [2.45, 2.75) is 72.6 Å². The molecule has 0 spiro atoms. The van der Waals surface area contributed by atoms with Gasteiger partial charge in [0.2, 0.25) is 0 Å². The number of thiophene rings is 2. The first-order valence-electron chi connectivity index (χ1n) is 8.49. The quantitative estimate of drug-likeness (QED) is 0.510. The van der Waals surface area contributed by atoms with Gasteiger partial charge in [0.15, 0.2) is 0 Å². The summed E-state index contributed by atoms with van der Waals surface area (Å²) < 4.78 is 0. The molecule has 0 saturated heterocycles.